The maximum absolute atomic E-state index is 12.3. The van der Waals surface area contributed by atoms with Gasteiger partial charge in [0, 0.05) is 45.1 Å². The van der Waals surface area contributed by atoms with Gasteiger partial charge in [0.1, 0.15) is 0 Å². The summed E-state index contributed by atoms with van der Waals surface area (Å²) in [6.45, 7) is 5.25. The highest BCUT2D eigenvalue weighted by Crippen LogP contribution is 2.23. The Balaban J connectivity index is 1.32. The first-order valence-electron chi connectivity index (χ1n) is 9.14. The highest BCUT2D eigenvalue weighted by Gasteiger charge is 2.24. The standard InChI is InChI=1S/C17H25N5O3/c23-17(20-25-12-13-4-8-24-11-13)22-7-3-15-14(10-22)9-16(19-18-15)21-5-1-2-6-21/h9,13H,1-8,10-12H2,(H,20,23). The van der Waals surface area contributed by atoms with Gasteiger partial charge in [-0.3, -0.25) is 4.84 Å². The van der Waals surface area contributed by atoms with Gasteiger partial charge in [-0.2, -0.15) is 5.10 Å². The maximum atomic E-state index is 12.3. The zero-order valence-corrected chi connectivity index (χ0v) is 14.4. The first-order chi connectivity index (χ1) is 12.3. The minimum absolute atomic E-state index is 0.191. The summed E-state index contributed by atoms with van der Waals surface area (Å²) in [5, 5.41) is 8.73. The van der Waals surface area contributed by atoms with E-state index in [-0.39, 0.29) is 6.03 Å². The van der Waals surface area contributed by atoms with Crippen LogP contribution in [0.25, 0.3) is 0 Å². The van der Waals surface area contributed by atoms with Gasteiger partial charge in [0.2, 0.25) is 0 Å². The van der Waals surface area contributed by atoms with Crippen molar-refractivity contribution in [1.29, 1.82) is 0 Å². The van der Waals surface area contributed by atoms with E-state index in [2.05, 4.69) is 26.6 Å². The molecule has 1 aromatic heterocycles. The van der Waals surface area contributed by atoms with E-state index in [0.717, 1.165) is 49.6 Å². The number of carbonyl (C=O) groups is 1. The van der Waals surface area contributed by atoms with Crippen molar-refractivity contribution in [2.45, 2.75) is 32.2 Å². The molecular weight excluding hydrogens is 322 g/mol. The van der Waals surface area contributed by atoms with Crippen LogP contribution in [0.2, 0.25) is 0 Å². The second kappa shape index (κ2) is 7.53. The number of aromatic nitrogens is 2. The van der Waals surface area contributed by atoms with Crippen LogP contribution in [0.1, 0.15) is 30.5 Å². The lowest BCUT2D eigenvalue weighted by atomic mass is 10.1. The predicted octanol–water partition coefficient (Wildman–Crippen LogP) is 1.11. The van der Waals surface area contributed by atoms with Gasteiger partial charge in [-0.25, -0.2) is 10.3 Å². The van der Waals surface area contributed by atoms with E-state index in [4.69, 9.17) is 9.57 Å². The fraction of sp³-hybridized carbons (Fsp3) is 0.706. The first kappa shape index (κ1) is 16.5. The van der Waals surface area contributed by atoms with E-state index in [1.165, 1.54) is 12.8 Å². The Bertz CT molecular complexity index is 614. The van der Waals surface area contributed by atoms with Gasteiger partial charge in [0.05, 0.1) is 18.9 Å². The van der Waals surface area contributed by atoms with E-state index in [1.807, 2.05) is 0 Å². The number of carbonyl (C=O) groups excluding carboxylic acids is 1. The fourth-order valence-electron chi connectivity index (χ4n) is 3.59. The van der Waals surface area contributed by atoms with E-state index in [0.29, 0.717) is 32.2 Å². The molecule has 4 rings (SSSR count). The zero-order chi connectivity index (χ0) is 17.1. The van der Waals surface area contributed by atoms with Crippen LogP contribution >= 0.6 is 0 Å². The molecule has 1 unspecified atom stereocenters. The Morgan fingerprint density at radius 2 is 2.20 bits per heavy atom. The number of anilines is 1. The van der Waals surface area contributed by atoms with Crippen molar-refractivity contribution in [3.05, 3.63) is 17.3 Å². The van der Waals surface area contributed by atoms with Crippen molar-refractivity contribution in [2.24, 2.45) is 5.92 Å². The number of hydrogen-bond donors (Lipinski definition) is 1. The van der Waals surface area contributed by atoms with Crippen LogP contribution in [0.15, 0.2) is 6.07 Å². The second-order valence-corrected chi connectivity index (χ2v) is 6.99. The van der Waals surface area contributed by atoms with E-state index < -0.39 is 0 Å². The van der Waals surface area contributed by atoms with Gasteiger partial charge in [-0.05, 0) is 30.9 Å². The lowest BCUT2D eigenvalue weighted by Gasteiger charge is -2.28. The van der Waals surface area contributed by atoms with Crippen LogP contribution in [0, 0.1) is 5.92 Å². The summed E-state index contributed by atoms with van der Waals surface area (Å²) < 4.78 is 5.30. The summed E-state index contributed by atoms with van der Waals surface area (Å²) in [6, 6.07) is 1.90. The molecule has 3 aliphatic heterocycles. The average molecular weight is 347 g/mol. The van der Waals surface area contributed by atoms with Crippen LogP contribution in [-0.2, 0) is 22.5 Å². The number of hydroxylamine groups is 1. The number of urea groups is 1. The molecule has 8 heteroatoms. The van der Waals surface area contributed by atoms with E-state index >= 15 is 0 Å². The fourth-order valence-corrected chi connectivity index (χ4v) is 3.59. The molecule has 0 aliphatic carbocycles. The molecule has 8 nitrogen and oxygen atoms in total. The van der Waals surface area contributed by atoms with E-state index in [1.54, 1.807) is 4.90 Å². The lowest BCUT2D eigenvalue weighted by Crippen LogP contribution is -2.43. The number of hydrogen-bond acceptors (Lipinski definition) is 6. The second-order valence-electron chi connectivity index (χ2n) is 6.99. The quantitative estimate of drug-likeness (QED) is 0.822. The molecule has 1 atom stereocenters. The third-order valence-electron chi connectivity index (χ3n) is 5.15. The Kier molecular flexibility index (Phi) is 4.98. The van der Waals surface area contributed by atoms with Crippen molar-refractivity contribution in [3.8, 4) is 0 Å². The lowest BCUT2D eigenvalue weighted by molar-refractivity contribution is 0.0226. The molecule has 0 aromatic carbocycles. The molecular formula is C17H25N5O3. The Morgan fingerprint density at radius 1 is 1.32 bits per heavy atom. The summed E-state index contributed by atoms with van der Waals surface area (Å²) in [7, 11) is 0. The van der Waals surface area contributed by atoms with Crippen LogP contribution in [0.4, 0.5) is 10.6 Å². The number of nitrogens with one attached hydrogen (secondary N) is 1. The first-order valence-corrected chi connectivity index (χ1v) is 9.14. The monoisotopic (exact) mass is 347 g/mol. The molecule has 3 aliphatic rings. The number of rotatable bonds is 4. The molecule has 2 saturated heterocycles. The molecule has 0 saturated carbocycles. The Labute approximate surface area is 147 Å². The van der Waals surface area contributed by atoms with Crippen molar-refractivity contribution < 1.29 is 14.4 Å². The molecule has 2 fully saturated rings. The van der Waals surface area contributed by atoms with Crippen molar-refractivity contribution >= 4 is 11.8 Å². The minimum Gasteiger partial charge on any atom is -0.381 e. The van der Waals surface area contributed by atoms with Crippen molar-refractivity contribution in [3.63, 3.8) is 0 Å². The highest BCUT2D eigenvalue weighted by atomic mass is 16.7. The molecule has 136 valence electrons. The third kappa shape index (κ3) is 3.85. The van der Waals surface area contributed by atoms with Gasteiger partial charge in [-0.1, -0.05) is 0 Å². The van der Waals surface area contributed by atoms with Crippen LogP contribution < -0.4 is 10.4 Å². The van der Waals surface area contributed by atoms with Crippen LogP contribution in [0.3, 0.4) is 0 Å². The SMILES string of the molecule is O=C(NOCC1CCOC1)N1CCc2nnc(N3CCCC3)cc2C1. The van der Waals surface area contributed by atoms with Gasteiger partial charge >= 0.3 is 6.03 Å². The number of amides is 2. The zero-order valence-electron chi connectivity index (χ0n) is 14.4. The maximum Gasteiger partial charge on any atom is 0.341 e. The Morgan fingerprint density at radius 3 is 3.00 bits per heavy atom. The van der Waals surface area contributed by atoms with Crippen molar-refractivity contribution in [2.75, 3.05) is 44.4 Å². The number of fused-ring (bicyclic) bond motifs is 1. The van der Waals surface area contributed by atoms with Gasteiger partial charge in [0.15, 0.2) is 5.82 Å². The molecule has 0 radical (unpaired) electrons. The van der Waals surface area contributed by atoms with Crippen LogP contribution in [-0.4, -0.2) is 60.6 Å². The summed E-state index contributed by atoms with van der Waals surface area (Å²) in [5.41, 5.74) is 4.65. The number of nitrogens with zero attached hydrogens (tertiary/aromatic N) is 4. The molecule has 2 amide bonds. The van der Waals surface area contributed by atoms with E-state index in [9.17, 15) is 4.79 Å². The normalized spacial score (nSPS) is 23.0. The highest BCUT2D eigenvalue weighted by molar-refractivity contribution is 5.73. The minimum atomic E-state index is -0.191. The van der Waals surface area contributed by atoms with Gasteiger partial charge < -0.3 is 14.5 Å². The summed E-state index contributed by atoms with van der Waals surface area (Å²) in [5.74, 6) is 1.30. The molecule has 1 N–H and O–H groups in total. The summed E-state index contributed by atoms with van der Waals surface area (Å²) >= 11 is 0. The third-order valence-corrected chi connectivity index (χ3v) is 5.15. The molecule has 0 spiro atoms. The molecule has 1 aromatic rings. The Hall–Kier alpha value is -1.93. The molecule has 4 heterocycles. The summed E-state index contributed by atoms with van der Waals surface area (Å²) in [4.78, 5) is 21.7. The molecule has 0 bridgehead atoms. The molecule has 25 heavy (non-hydrogen) atoms. The van der Waals surface area contributed by atoms with Crippen molar-refractivity contribution in [1.82, 2.24) is 20.6 Å². The summed E-state index contributed by atoms with van der Waals surface area (Å²) in [6.07, 6.45) is 4.13. The smallest absolute Gasteiger partial charge is 0.341 e. The number of ether oxygens (including phenoxy) is 1. The van der Waals surface area contributed by atoms with Gasteiger partial charge in [0.25, 0.3) is 0 Å². The largest absolute Gasteiger partial charge is 0.381 e. The topological polar surface area (TPSA) is 79.8 Å². The average Bonchev–Trinajstić information content (AvgIpc) is 3.34. The van der Waals surface area contributed by atoms with Gasteiger partial charge in [-0.15, -0.1) is 5.10 Å². The predicted molar refractivity (Wildman–Crippen MR) is 91.0 cm³/mol. The van der Waals surface area contributed by atoms with Crippen LogP contribution in [0.5, 0.6) is 0 Å².